The van der Waals surface area contributed by atoms with Crippen LogP contribution in [0, 0.1) is 0 Å². The zero-order valence-electron chi connectivity index (χ0n) is 5.61. The molecule has 1 rings (SSSR count). The number of hydrogen-bond donors (Lipinski definition) is 1. The van der Waals surface area contributed by atoms with Crippen molar-refractivity contribution in [3.63, 3.8) is 0 Å². The van der Waals surface area contributed by atoms with Crippen molar-refractivity contribution in [2.75, 3.05) is 5.73 Å². The van der Waals surface area contributed by atoms with Crippen LogP contribution in [0.15, 0.2) is 11.0 Å². The lowest BCUT2D eigenvalue weighted by Gasteiger charge is -2.00. The average molecular weight is 140 g/mol. The van der Waals surface area contributed by atoms with E-state index in [1.807, 2.05) is 6.92 Å². The van der Waals surface area contributed by atoms with Gasteiger partial charge in [0.1, 0.15) is 6.20 Å². The van der Waals surface area contributed by atoms with Gasteiger partial charge >= 0.3 is 0 Å². The molecule has 0 aromatic carbocycles. The molecule has 0 amide bonds. The van der Waals surface area contributed by atoms with Gasteiger partial charge in [0.2, 0.25) is 5.95 Å². The first-order chi connectivity index (χ1) is 4.75. The second kappa shape index (κ2) is 2.47. The number of anilines is 1. The lowest BCUT2D eigenvalue weighted by molar-refractivity contribution is 0.698. The highest BCUT2D eigenvalue weighted by molar-refractivity contribution is 5.12. The minimum Gasteiger partial charge on any atom is -0.368 e. The zero-order valence-corrected chi connectivity index (χ0v) is 5.61. The van der Waals surface area contributed by atoms with Gasteiger partial charge in [-0.3, -0.25) is 9.36 Å². The van der Waals surface area contributed by atoms with Gasteiger partial charge in [-0.05, 0) is 6.92 Å². The standard InChI is InChI=1S/C5H8N4O/c1-2-9-4(10)3-7-8-5(9)6/h3H,2H2,1H3,(H2,6,8). The molecule has 54 valence electrons. The molecular formula is C5H8N4O. The Bertz CT molecular complexity index is 279. The number of nitrogen functional groups attached to an aromatic ring is 1. The molecule has 0 saturated heterocycles. The second-order valence-corrected chi connectivity index (χ2v) is 1.79. The first-order valence-electron chi connectivity index (χ1n) is 2.93. The maximum atomic E-state index is 10.9. The molecule has 0 radical (unpaired) electrons. The molecule has 0 aliphatic carbocycles. The molecule has 0 spiro atoms. The summed E-state index contributed by atoms with van der Waals surface area (Å²) in [6.07, 6.45) is 1.14. The van der Waals surface area contributed by atoms with E-state index in [4.69, 9.17) is 5.73 Å². The third kappa shape index (κ3) is 0.975. The van der Waals surface area contributed by atoms with E-state index in [0.717, 1.165) is 6.20 Å². The third-order valence-corrected chi connectivity index (χ3v) is 1.19. The predicted molar refractivity (Wildman–Crippen MR) is 36.4 cm³/mol. The highest BCUT2D eigenvalue weighted by Crippen LogP contribution is 1.86. The van der Waals surface area contributed by atoms with Gasteiger partial charge in [0, 0.05) is 6.54 Å². The smallest absolute Gasteiger partial charge is 0.273 e. The fourth-order valence-electron chi connectivity index (χ4n) is 0.692. The maximum Gasteiger partial charge on any atom is 0.273 e. The molecule has 0 saturated carbocycles. The van der Waals surface area contributed by atoms with Crippen LogP contribution in [0.2, 0.25) is 0 Å². The second-order valence-electron chi connectivity index (χ2n) is 1.79. The summed E-state index contributed by atoms with van der Waals surface area (Å²) in [7, 11) is 0. The van der Waals surface area contributed by atoms with E-state index < -0.39 is 0 Å². The Morgan fingerprint density at radius 3 is 2.90 bits per heavy atom. The van der Waals surface area contributed by atoms with Gasteiger partial charge in [-0.15, -0.1) is 10.2 Å². The molecular weight excluding hydrogens is 132 g/mol. The first-order valence-corrected chi connectivity index (χ1v) is 2.93. The van der Waals surface area contributed by atoms with Gasteiger partial charge in [-0.2, -0.15) is 0 Å². The Hall–Kier alpha value is -1.39. The van der Waals surface area contributed by atoms with Gasteiger partial charge in [0.25, 0.3) is 5.56 Å². The number of nitrogens with two attached hydrogens (primary N) is 1. The predicted octanol–water partition coefficient (Wildman–Crippen LogP) is -0.760. The van der Waals surface area contributed by atoms with Crippen LogP contribution in [0.3, 0.4) is 0 Å². The molecule has 0 unspecified atom stereocenters. The van der Waals surface area contributed by atoms with E-state index in [0.29, 0.717) is 6.54 Å². The Morgan fingerprint density at radius 2 is 2.50 bits per heavy atom. The van der Waals surface area contributed by atoms with Crippen LogP contribution in [0.5, 0.6) is 0 Å². The summed E-state index contributed by atoms with van der Waals surface area (Å²) in [6, 6.07) is 0. The van der Waals surface area contributed by atoms with Gasteiger partial charge in [-0.25, -0.2) is 0 Å². The Morgan fingerprint density at radius 1 is 1.80 bits per heavy atom. The number of rotatable bonds is 1. The van der Waals surface area contributed by atoms with Crippen LogP contribution in [0.25, 0.3) is 0 Å². The summed E-state index contributed by atoms with van der Waals surface area (Å²) in [6.45, 7) is 2.35. The summed E-state index contributed by atoms with van der Waals surface area (Å²) in [5.41, 5.74) is 5.11. The van der Waals surface area contributed by atoms with Crippen molar-refractivity contribution in [1.29, 1.82) is 0 Å². The molecule has 2 N–H and O–H groups in total. The topological polar surface area (TPSA) is 73.8 Å². The molecule has 0 fully saturated rings. The zero-order chi connectivity index (χ0) is 7.56. The van der Waals surface area contributed by atoms with Crippen molar-refractivity contribution >= 4 is 5.95 Å². The Balaban J connectivity index is 3.31. The first kappa shape index (κ1) is 6.73. The molecule has 0 aliphatic heterocycles. The number of hydrogen-bond acceptors (Lipinski definition) is 4. The monoisotopic (exact) mass is 140 g/mol. The minimum absolute atomic E-state index is 0.162. The van der Waals surface area contributed by atoms with E-state index in [1.165, 1.54) is 4.57 Å². The molecule has 0 bridgehead atoms. The number of aromatic nitrogens is 3. The van der Waals surface area contributed by atoms with E-state index in [9.17, 15) is 4.79 Å². The van der Waals surface area contributed by atoms with E-state index in [1.54, 1.807) is 0 Å². The molecule has 0 atom stereocenters. The van der Waals surface area contributed by atoms with Crippen molar-refractivity contribution in [3.8, 4) is 0 Å². The molecule has 10 heavy (non-hydrogen) atoms. The van der Waals surface area contributed by atoms with Crippen LogP contribution >= 0.6 is 0 Å². The van der Waals surface area contributed by atoms with Crippen molar-refractivity contribution < 1.29 is 0 Å². The minimum atomic E-state index is -0.213. The van der Waals surface area contributed by atoms with Crippen molar-refractivity contribution in [3.05, 3.63) is 16.6 Å². The molecule has 1 aromatic heterocycles. The van der Waals surface area contributed by atoms with Crippen LogP contribution in [0.1, 0.15) is 6.92 Å². The number of nitrogens with zero attached hydrogens (tertiary/aromatic N) is 3. The average Bonchev–Trinajstić information content (AvgIpc) is 1.88. The third-order valence-electron chi connectivity index (χ3n) is 1.19. The summed E-state index contributed by atoms with van der Waals surface area (Å²) in [5, 5.41) is 6.89. The van der Waals surface area contributed by atoms with Crippen LogP contribution in [-0.4, -0.2) is 14.8 Å². The lowest BCUT2D eigenvalue weighted by Crippen LogP contribution is -2.23. The highest BCUT2D eigenvalue weighted by atomic mass is 16.1. The van der Waals surface area contributed by atoms with E-state index in [-0.39, 0.29) is 11.5 Å². The van der Waals surface area contributed by atoms with Gasteiger partial charge < -0.3 is 5.73 Å². The van der Waals surface area contributed by atoms with Crippen molar-refractivity contribution in [2.45, 2.75) is 13.5 Å². The van der Waals surface area contributed by atoms with Gasteiger partial charge in [-0.1, -0.05) is 0 Å². The molecule has 0 aliphatic rings. The van der Waals surface area contributed by atoms with Crippen LogP contribution < -0.4 is 11.3 Å². The van der Waals surface area contributed by atoms with Gasteiger partial charge in [0.05, 0.1) is 0 Å². The molecule has 1 heterocycles. The SMILES string of the molecule is CCn1c(N)nncc1=O. The summed E-state index contributed by atoms with van der Waals surface area (Å²) < 4.78 is 1.34. The fourth-order valence-corrected chi connectivity index (χ4v) is 0.692. The van der Waals surface area contributed by atoms with E-state index in [2.05, 4.69) is 10.2 Å². The highest BCUT2D eigenvalue weighted by Gasteiger charge is 1.96. The molecule has 5 heteroatoms. The quantitative estimate of drug-likeness (QED) is 0.556. The van der Waals surface area contributed by atoms with Gasteiger partial charge in [0.15, 0.2) is 0 Å². The molecule has 5 nitrogen and oxygen atoms in total. The normalized spacial score (nSPS) is 9.70. The van der Waals surface area contributed by atoms with E-state index >= 15 is 0 Å². The summed E-state index contributed by atoms with van der Waals surface area (Å²) >= 11 is 0. The van der Waals surface area contributed by atoms with Crippen LogP contribution in [-0.2, 0) is 6.54 Å². The van der Waals surface area contributed by atoms with Crippen LogP contribution in [0.4, 0.5) is 5.95 Å². The molecule has 1 aromatic rings. The summed E-state index contributed by atoms with van der Waals surface area (Å²) in [5.74, 6) is 0.162. The lowest BCUT2D eigenvalue weighted by atomic mass is 10.6. The fraction of sp³-hybridized carbons (Fsp3) is 0.400. The Labute approximate surface area is 57.5 Å². The van der Waals surface area contributed by atoms with Crippen molar-refractivity contribution in [2.24, 2.45) is 0 Å². The van der Waals surface area contributed by atoms with Crippen molar-refractivity contribution in [1.82, 2.24) is 14.8 Å². The summed E-state index contributed by atoms with van der Waals surface area (Å²) in [4.78, 5) is 10.9. The Kier molecular flexibility index (Phi) is 1.66. The largest absolute Gasteiger partial charge is 0.368 e. The maximum absolute atomic E-state index is 10.9.